The Balaban J connectivity index is 2.29. The summed E-state index contributed by atoms with van der Waals surface area (Å²) in [6.07, 6.45) is 7.68. The lowest BCUT2D eigenvalue weighted by molar-refractivity contribution is -0.130. The van der Waals surface area contributed by atoms with Gasteiger partial charge in [-0.15, -0.1) is 0 Å². The highest BCUT2D eigenvalue weighted by atomic mass is 32.1. The zero-order valence-electron chi connectivity index (χ0n) is 7.23. The van der Waals surface area contributed by atoms with Gasteiger partial charge in [0.2, 0.25) is 5.91 Å². The van der Waals surface area contributed by atoms with Gasteiger partial charge in [0.25, 0.3) is 0 Å². The normalized spacial score (nSPS) is 31.6. The van der Waals surface area contributed by atoms with E-state index in [4.69, 9.17) is 12.2 Å². The van der Waals surface area contributed by atoms with Gasteiger partial charge in [0.1, 0.15) is 0 Å². The third-order valence-corrected chi connectivity index (χ3v) is 2.74. The van der Waals surface area contributed by atoms with Crippen molar-refractivity contribution in [3.63, 3.8) is 0 Å². The predicted octanol–water partition coefficient (Wildman–Crippen LogP) is 0.444. The van der Waals surface area contributed by atoms with Gasteiger partial charge in [0, 0.05) is 7.05 Å². The summed E-state index contributed by atoms with van der Waals surface area (Å²) in [5.41, 5.74) is 0. The average molecular weight is 194 g/mol. The van der Waals surface area contributed by atoms with Crippen molar-refractivity contribution in [2.45, 2.75) is 6.04 Å². The molecule has 2 atom stereocenters. The molecule has 1 fully saturated rings. The maximum atomic E-state index is 11.7. The first-order chi connectivity index (χ1) is 6.20. The molecule has 68 valence electrons. The third-order valence-electron chi connectivity index (χ3n) is 2.35. The highest BCUT2D eigenvalue weighted by Gasteiger charge is 2.34. The van der Waals surface area contributed by atoms with E-state index < -0.39 is 0 Å². The lowest BCUT2D eigenvalue weighted by Crippen LogP contribution is -2.57. The van der Waals surface area contributed by atoms with Gasteiger partial charge in [0.15, 0.2) is 5.11 Å². The van der Waals surface area contributed by atoms with Crippen molar-refractivity contribution in [2.75, 3.05) is 7.05 Å². The summed E-state index contributed by atoms with van der Waals surface area (Å²) in [6, 6.07) is 0.0428. The summed E-state index contributed by atoms with van der Waals surface area (Å²) in [7, 11) is 1.69. The van der Waals surface area contributed by atoms with Crippen molar-refractivity contribution >= 4 is 23.2 Å². The lowest BCUT2D eigenvalue weighted by Gasteiger charge is -2.35. The van der Waals surface area contributed by atoms with E-state index in [9.17, 15) is 4.79 Å². The van der Waals surface area contributed by atoms with Gasteiger partial charge in [0.05, 0.1) is 12.0 Å². The number of amides is 1. The van der Waals surface area contributed by atoms with E-state index in [0.29, 0.717) is 5.11 Å². The molecule has 0 aromatic heterocycles. The van der Waals surface area contributed by atoms with Crippen LogP contribution < -0.4 is 5.32 Å². The van der Waals surface area contributed by atoms with Gasteiger partial charge in [-0.05, 0) is 12.2 Å². The highest BCUT2D eigenvalue weighted by Crippen LogP contribution is 2.19. The van der Waals surface area contributed by atoms with Crippen molar-refractivity contribution in [1.82, 2.24) is 10.2 Å². The molecule has 1 aliphatic heterocycles. The Morgan fingerprint density at radius 1 is 1.46 bits per heavy atom. The van der Waals surface area contributed by atoms with Crippen LogP contribution in [0.25, 0.3) is 0 Å². The summed E-state index contributed by atoms with van der Waals surface area (Å²) in [5, 5.41) is 3.60. The zero-order valence-corrected chi connectivity index (χ0v) is 8.04. The van der Waals surface area contributed by atoms with Crippen LogP contribution in [0.15, 0.2) is 24.3 Å². The molecule has 0 saturated carbocycles. The van der Waals surface area contributed by atoms with Gasteiger partial charge in [-0.1, -0.05) is 24.3 Å². The molecular weight excluding hydrogens is 184 g/mol. The van der Waals surface area contributed by atoms with Crippen molar-refractivity contribution in [1.29, 1.82) is 0 Å². The average Bonchev–Trinajstić information content (AvgIpc) is 2.15. The SMILES string of the molecule is CN1C(=O)[C@H]2C=CC=C[C@@H]2NC1=S. The fraction of sp³-hybridized carbons (Fsp3) is 0.333. The van der Waals surface area contributed by atoms with E-state index in [1.807, 2.05) is 24.3 Å². The second-order valence-corrected chi connectivity index (χ2v) is 3.55. The first-order valence-corrected chi connectivity index (χ1v) is 4.54. The Bertz CT molecular complexity index is 322. The Morgan fingerprint density at radius 3 is 2.92 bits per heavy atom. The molecule has 2 rings (SSSR count). The Morgan fingerprint density at radius 2 is 2.15 bits per heavy atom. The van der Waals surface area contributed by atoms with Crippen LogP contribution in [-0.2, 0) is 4.79 Å². The lowest BCUT2D eigenvalue weighted by atomic mass is 9.92. The van der Waals surface area contributed by atoms with E-state index in [1.165, 1.54) is 4.90 Å². The number of carbonyl (C=O) groups is 1. The van der Waals surface area contributed by atoms with E-state index in [1.54, 1.807) is 7.05 Å². The molecule has 4 heteroatoms. The number of hydrogen-bond donors (Lipinski definition) is 1. The second kappa shape index (κ2) is 2.96. The van der Waals surface area contributed by atoms with Crippen LogP contribution in [0, 0.1) is 5.92 Å². The van der Waals surface area contributed by atoms with Crippen LogP contribution >= 0.6 is 12.2 Å². The topological polar surface area (TPSA) is 32.3 Å². The summed E-state index contributed by atoms with van der Waals surface area (Å²) >= 11 is 5.01. The number of nitrogens with zero attached hydrogens (tertiary/aromatic N) is 1. The van der Waals surface area contributed by atoms with E-state index in [-0.39, 0.29) is 17.9 Å². The molecule has 0 unspecified atom stereocenters. The number of hydrogen-bond acceptors (Lipinski definition) is 2. The fourth-order valence-corrected chi connectivity index (χ4v) is 1.77. The van der Waals surface area contributed by atoms with Crippen LogP contribution in [0.4, 0.5) is 0 Å². The zero-order chi connectivity index (χ0) is 9.42. The van der Waals surface area contributed by atoms with Crippen molar-refractivity contribution in [3.8, 4) is 0 Å². The maximum Gasteiger partial charge on any atom is 0.237 e. The molecule has 13 heavy (non-hydrogen) atoms. The van der Waals surface area contributed by atoms with Crippen LogP contribution in [0.2, 0.25) is 0 Å². The monoisotopic (exact) mass is 194 g/mol. The number of nitrogens with one attached hydrogen (secondary N) is 1. The minimum absolute atomic E-state index is 0.0428. The van der Waals surface area contributed by atoms with Crippen LogP contribution in [0.5, 0.6) is 0 Å². The molecular formula is C9H10N2OS. The molecule has 2 aliphatic rings. The molecule has 1 aliphatic carbocycles. The number of thiocarbonyl (C=S) groups is 1. The van der Waals surface area contributed by atoms with Crippen molar-refractivity contribution < 1.29 is 4.79 Å². The van der Waals surface area contributed by atoms with Gasteiger partial charge in [-0.2, -0.15) is 0 Å². The van der Waals surface area contributed by atoms with Crippen LogP contribution in [-0.4, -0.2) is 29.0 Å². The quantitative estimate of drug-likeness (QED) is 0.568. The number of carbonyl (C=O) groups excluding carboxylic acids is 1. The standard InChI is InChI=1S/C9H10N2OS/c1-11-8(12)6-4-2-3-5-7(6)10-9(11)13/h2-7H,1H3,(H,10,13)/t6-,7-/m0/s1. The summed E-state index contributed by atoms with van der Waals surface area (Å²) < 4.78 is 0. The maximum absolute atomic E-state index is 11.7. The van der Waals surface area contributed by atoms with E-state index in [0.717, 1.165) is 0 Å². The molecule has 0 radical (unpaired) electrons. The Labute approximate surface area is 82.1 Å². The predicted molar refractivity (Wildman–Crippen MR) is 54.1 cm³/mol. The molecule has 1 saturated heterocycles. The summed E-state index contributed by atoms with van der Waals surface area (Å²) in [6.45, 7) is 0. The first kappa shape index (κ1) is 8.44. The minimum atomic E-state index is -0.0956. The Kier molecular flexibility index (Phi) is 1.92. The fourth-order valence-electron chi connectivity index (χ4n) is 1.54. The minimum Gasteiger partial charge on any atom is -0.355 e. The van der Waals surface area contributed by atoms with E-state index in [2.05, 4.69) is 5.32 Å². The first-order valence-electron chi connectivity index (χ1n) is 4.13. The second-order valence-electron chi connectivity index (χ2n) is 3.17. The largest absolute Gasteiger partial charge is 0.355 e. The Hall–Kier alpha value is -1.16. The summed E-state index contributed by atoms with van der Waals surface area (Å²) in [4.78, 5) is 13.2. The van der Waals surface area contributed by atoms with E-state index >= 15 is 0 Å². The smallest absolute Gasteiger partial charge is 0.237 e. The van der Waals surface area contributed by atoms with Crippen LogP contribution in [0.3, 0.4) is 0 Å². The summed E-state index contributed by atoms with van der Waals surface area (Å²) in [5.74, 6) is -0.0314. The van der Waals surface area contributed by atoms with Crippen LogP contribution in [0.1, 0.15) is 0 Å². The molecule has 1 amide bonds. The van der Waals surface area contributed by atoms with Gasteiger partial charge in [-0.3, -0.25) is 9.69 Å². The number of allylic oxidation sites excluding steroid dienone is 2. The van der Waals surface area contributed by atoms with Gasteiger partial charge < -0.3 is 5.32 Å². The molecule has 0 aromatic carbocycles. The molecule has 1 N–H and O–H groups in total. The van der Waals surface area contributed by atoms with Gasteiger partial charge >= 0.3 is 0 Å². The van der Waals surface area contributed by atoms with Crippen molar-refractivity contribution in [2.24, 2.45) is 5.92 Å². The van der Waals surface area contributed by atoms with Gasteiger partial charge in [-0.25, -0.2) is 0 Å². The number of rotatable bonds is 0. The molecule has 0 bridgehead atoms. The molecule has 3 nitrogen and oxygen atoms in total. The molecule has 0 spiro atoms. The molecule has 0 aromatic rings. The third kappa shape index (κ3) is 1.27. The van der Waals surface area contributed by atoms with Crippen molar-refractivity contribution in [3.05, 3.63) is 24.3 Å². The number of fused-ring (bicyclic) bond motifs is 1. The molecule has 1 heterocycles. The highest BCUT2D eigenvalue weighted by molar-refractivity contribution is 7.80.